The Kier molecular flexibility index (Phi) is 2.81. The maximum atomic E-state index is 12.7. The van der Waals surface area contributed by atoms with Gasteiger partial charge >= 0.3 is 0 Å². The van der Waals surface area contributed by atoms with E-state index in [1.807, 2.05) is 4.90 Å². The summed E-state index contributed by atoms with van der Waals surface area (Å²) in [6.07, 6.45) is 5.72. The summed E-state index contributed by atoms with van der Waals surface area (Å²) >= 11 is 0. The van der Waals surface area contributed by atoms with Gasteiger partial charge in [0.15, 0.2) is 0 Å². The molecule has 0 radical (unpaired) electrons. The topological polar surface area (TPSA) is 66.6 Å². The minimum absolute atomic E-state index is 0.0194. The normalized spacial score (nSPS) is 40.5. The van der Waals surface area contributed by atoms with Crippen molar-refractivity contribution in [1.29, 1.82) is 0 Å². The number of amides is 2. The molecule has 5 nitrogen and oxygen atoms in total. The van der Waals surface area contributed by atoms with E-state index < -0.39 is 0 Å². The van der Waals surface area contributed by atoms with Crippen LogP contribution in [0.4, 0.5) is 0 Å². The summed E-state index contributed by atoms with van der Waals surface area (Å²) in [6.45, 7) is 1.68. The van der Waals surface area contributed by atoms with Crippen LogP contribution < -0.4 is 5.73 Å². The van der Waals surface area contributed by atoms with E-state index in [2.05, 4.69) is 0 Å². The molecule has 0 aromatic rings. The largest absolute Gasteiger partial charge is 0.336 e. The fourth-order valence-electron chi connectivity index (χ4n) is 4.56. The van der Waals surface area contributed by atoms with Gasteiger partial charge in [-0.1, -0.05) is 0 Å². The van der Waals surface area contributed by atoms with Crippen molar-refractivity contribution >= 4 is 11.8 Å². The van der Waals surface area contributed by atoms with Crippen LogP contribution in [0, 0.1) is 17.8 Å². The molecule has 1 heterocycles. The average molecular weight is 277 g/mol. The van der Waals surface area contributed by atoms with E-state index in [0.29, 0.717) is 31.0 Å². The summed E-state index contributed by atoms with van der Waals surface area (Å²) in [5.41, 5.74) is 6.25. The zero-order valence-corrected chi connectivity index (χ0v) is 11.8. The second-order valence-electron chi connectivity index (χ2n) is 7.01. The van der Waals surface area contributed by atoms with Crippen molar-refractivity contribution in [3.63, 3.8) is 0 Å². The summed E-state index contributed by atoms with van der Waals surface area (Å²) in [5, 5.41) is 0. The van der Waals surface area contributed by atoms with Crippen LogP contribution in [0.15, 0.2) is 0 Å². The first-order valence-corrected chi connectivity index (χ1v) is 7.99. The standard InChI is InChI=1S/C15H23N3O2/c16-14-10-2-1-9(7-10)13(14)15(20)17-5-6-18(11-3-4-11)12(19)8-17/h9-11,13-14H,1-8,16H2. The van der Waals surface area contributed by atoms with Crippen LogP contribution in [0.3, 0.4) is 0 Å². The Hall–Kier alpha value is -1.10. The van der Waals surface area contributed by atoms with Gasteiger partial charge in [0.25, 0.3) is 0 Å². The van der Waals surface area contributed by atoms with E-state index >= 15 is 0 Å². The first-order chi connectivity index (χ1) is 9.65. The predicted octanol–water partition coefficient (Wildman–Crippen LogP) is 0.193. The molecule has 3 saturated carbocycles. The minimum Gasteiger partial charge on any atom is -0.336 e. The van der Waals surface area contributed by atoms with Gasteiger partial charge in [-0.3, -0.25) is 9.59 Å². The van der Waals surface area contributed by atoms with E-state index in [1.165, 1.54) is 6.42 Å². The van der Waals surface area contributed by atoms with E-state index in [1.54, 1.807) is 4.90 Å². The number of fused-ring (bicyclic) bond motifs is 2. The molecule has 2 N–H and O–H groups in total. The zero-order chi connectivity index (χ0) is 13.9. The lowest BCUT2D eigenvalue weighted by Gasteiger charge is -2.38. The second-order valence-corrected chi connectivity index (χ2v) is 7.01. The third-order valence-electron chi connectivity index (χ3n) is 5.82. The summed E-state index contributed by atoms with van der Waals surface area (Å²) in [6, 6.07) is 0.488. The van der Waals surface area contributed by atoms with Crippen LogP contribution in [0.5, 0.6) is 0 Å². The Morgan fingerprint density at radius 1 is 1.10 bits per heavy atom. The highest BCUT2D eigenvalue weighted by Crippen LogP contribution is 2.48. The minimum atomic E-state index is -0.0194. The van der Waals surface area contributed by atoms with Gasteiger partial charge < -0.3 is 15.5 Å². The van der Waals surface area contributed by atoms with Crippen molar-refractivity contribution in [2.75, 3.05) is 19.6 Å². The lowest BCUT2D eigenvalue weighted by atomic mass is 9.84. The molecule has 5 heteroatoms. The van der Waals surface area contributed by atoms with E-state index in [0.717, 1.165) is 25.7 Å². The van der Waals surface area contributed by atoms with E-state index in [-0.39, 0.29) is 30.3 Å². The van der Waals surface area contributed by atoms with Gasteiger partial charge in [-0.25, -0.2) is 0 Å². The molecule has 4 unspecified atom stereocenters. The predicted molar refractivity (Wildman–Crippen MR) is 73.6 cm³/mol. The van der Waals surface area contributed by atoms with Gasteiger partial charge in [0.1, 0.15) is 0 Å². The lowest BCUT2D eigenvalue weighted by molar-refractivity contribution is -0.149. The van der Waals surface area contributed by atoms with Crippen LogP contribution in [0.1, 0.15) is 32.1 Å². The fraction of sp³-hybridized carbons (Fsp3) is 0.867. The smallest absolute Gasteiger partial charge is 0.242 e. The molecule has 0 aromatic carbocycles. The molecular formula is C15H23N3O2. The molecule has 4 atom stereocenters. The van der Waals surface area contributed by atoms with Crippen LogP contribution in [-0.2, 0) is 9.59 Å². The summed E-state index contributed by atoms with van der Waals surface area (Å²) in [4.78, 5) is 28.6. The van der Waals surface area contributed by atoms with Crippen molar-refractivity contribution < 1.29 is 9.59 Å². The molecule has 1 aliphatic heterocycles. The Bertz CT molecular complexity index is 446. The van der Waals surface area contributed by atoms with Gasteiger partial charge in [0.2, 0.25) is 11.8 Å². The molecule has 3 aliphatic carbocycles. The van der Waals surface area contributed by atoms with Crippen molar-refractivity contribution in [2.45, 2.75) is 44.2 Å². The number of nitrogens with zero attached hydrogens (tertiary/aromatic N) is 2. The maximum Gasteiger partial charge on any atom is 0.242 e. The number of nitrogens with two attached hydrogens (primary N) is 1. The molecular weight excluding hydrogens is 254 g/mol. The van der Waals surface area contributed by atoms with Crippen LogP contribution >= 0.6 is 0 Å². The molecule has 1 saturated heterocycles. The van der Waals surface area contributed by atoms with Gasteiger partial charge in [-0.15, -0.1) is 0 Å². The molecule has 110 valence electrons. The lowest BCUT2D eigenvalue weighted by Crippen LogP contribution is -2.56. The number of carbonyl (C=O) groups is 2. The molecule has 0 aromatic heterocycles. The zero-order valence-electron chi connectivity index (χ0n) is 11.8. The third-order valence-corrected chi connectivity index (χ3v) is 5.82. The highest BCUT2D eigenvalue weighted by Gasteiger charge is 2.50. The van der Waals surface area contributed by atoms with Crippen molar-refractivity contribution in [1.82, 2.24) is 9.80 Å². The first kappa shape index (κ1) is 12.6. The number of hydrogen-bond donors (Lipinski definition) is 1. The monoisotopic (exact) mass is 277 g/mol. The number of piperazine rings is 1. The first-order valence-electron chi connectivity index (χ1n) is 7.99. The van der Waals surface area contributed by atoms with Gasteiger partial charge in [0, 0.05) is 25.2 Å². The Morgan fingerprint density at radius 2 is 1.85 bits per heavy atom. The summed E-state index contributed by atoms with van der Waals surface area (Å²) in [5.74, 6) is 1.27. The van der Waals surface area contributed by atoms with Crippen molar-refractivity contribution in [2.24, 2.45) is 23.5 Å². The Labute approximate surface area is 119 Å². The summed E-state index contributed by atoms with van der Waals surface area (Å²) in [7, 11) is 0. The Balaban J connectivity index is 1.43. The van der Waals surface area contributed by atoms with Gasteiger partial charge in [0.05, 0.1) is 12.5 Å². The Morgan fingerprint density at radius 3 is 2.45 bits per heavy atom. The molecule has 20 heavy (non-hydrogen) atoms. The van der Waals surface area contributed by atoms with Crippen LogP contribution in [0.25, 0.3) is 0 Å². The molecule has 2 amide bonds. The number of hydrogen-bond acceptors (Lipinski definition) is 3. The molecule has 4 rings (SSSR count). The molecule has 4 fully saturated rings. The van der Waals surface area contributed by atoms with E-state index in [9.17, 15) is 9.59 Å². The van der Waals surface area contributed by atoms with Crippen LogP contribution in [0.2, 0.25) is 0 Å². The highest BCUT2D eigenvalue weighted by molar-refractivity contribution is 5.88. The number of rotatable bonds is 2. The average Bonchev–Trinajstić information content (AvgIpc) is 3.09. The molecule has 2 bridgehead atoms. The molecule has 4 aliphatic rings. The third kappa shape index (κ3) is 1.86. The summed E-state index contributed by atoms with van der Waals surface area (Å²) < 4.78 is 0. The van der Waals surface area contributed by atoms with Gasteiger partial charge in [-0.05, 0) is 43.9 Å². The molecule has 0 spiro atoms. The van der Waals surface area contributed by atoms with Crippen molar-refractivity contribution in [3.05, 3.63) is 0 Å². The fourth-order valence-corrected chi connectivity index (χ4v) is 4.56. The maximum absolute atomic E-state index is 12.7. The van der Waals surface area contributed by atoms with Gasteiger partial charge in [-0.2, -0.15) is 0 Å². The van der Waals surface area contributed by atoms with Crippen molar-refractivity contribution in [3.8, 4) is 0 Å². The number of carbonyl (C=O) groups excluding carboxylic acids is 2. The van der Waals surface area contributed by atoms with E-state index in [4.69, 9.17) is 5.73 Å². The highest BCUT2D eigenvalue weighted by atomic mass is 16.2. The SMILES string of the molecule is NC1C2CCC(C2)C1C(=O)N1CCN(C2CC2)C(=O)C1. The second kappa shape index (κ2) is 4.45. The van der Waals surface area contributed by atoms with Crippen LogP contribution in [-0.4, -0.2) is 53.3 Å². The quantitative estimate of drug-likeness (QED) is 0.783.